The van der Waals surface area contributed by atoms with E-state index in [4.69, 9.17) is 4.74 Å². The maximum atomic E-state index is 9.66. The van der Waals surface area contributed by atoms with Gasteiger partial charge in [-0.25, -0.2) is 15.0 Å². The van der Waals surface area contributed by atoms with Crippen LogP contribution >= 0.6 is 0 Å². The van der Waals surface area contributed by atoms with Crippen LogP contribution in [0.2, 0.25) is 0 Å². The highest BCUT2D eigenvalue weighted by atomic mass is 16.5. The highest BCUT2D eigenvalue weighted by Crippen LogP contribution is 2.30. The summed E-state index contributed by atoms with van der Waals surface area (Å²) in [5.41, 5.74) is 4.83. The topological polar surface area (TPSA) is 81.0 Å². The average Bonchev–Trinajstić information content (AvgIpc) is 2.73. The van der Waals surface area contributed by atoms with E-state index in [9.17, 15) is 5.11 Å². The van der Waals surface area contributed by atoms with Gasteiger partial charge in [-0.15, -0.1) is 0 Å². The van der Waals surface area contributed by atoms with Crippen molar-refractivity contribution in [3.8, 4) is 28.3 Å². The Labute approximate surface area is 155 Å². The van der Waals surface area contributed by atoms with Crippen molar-refractivity contribution in [1.29, 1.82) is 0 Å². The van der Waals surface area contributed by atoms with Crippen molar-refractivity contribution in [1.82, 2.24) is 19.9 Å². The van der Waals surface area contributed by atoms with Crippen LogP contribution in [0.25, 0.3) is 39.0 Å². The first kappa shape index (κ1) is 16.7. The summed E-state index contributed by atoms with van der Waals surface area (Å²) in [6.07, 6.45) is 6.55. The van der Waals surface area contributed by atoms with Gasteiger partial charge in [0.25, 0.3) is 0 Å². The number of ether oxygens (including phenoxy) is 1. The Bertz CT molecular complexity index is 1140. The standard InChI is InChI=1S/C21H16N4O2/c1-13(26)16-7-17(10-22-9-16)21-18-8-14(3-5-19(18)24-12-25-21)15-4-6-20(27-2)23-11-15/h3-12,26H,1H2,2H3. The van der Waals surface area contributed by atoms with Gasteiger partial charge in [-0.3, -0.25) is 4.98 Å². The SMILES string of the molecule is C=C(O)c1cncc(-c2ncnc3ccc(-c4ccc(OC)nc4)cc23)c1. The lowest BCUT2D eigenvalue weighted by molar-refractivity contribution is 0.398. The number of hydrogen-bond donors (Lipinski definition) is 1. The number of aromatic nitrogens is 4. The zero-order chi connectivity index (χ0) is 18.8. The zero-order valence-electron chi connectivity index (χ0n) is 14.6. The summed E-state index contributed by atoms with van der Waals surface area (Å²) in [5, 5.41) is 10.5. The van der Waals surface area contributed by atoms with Crippen LogP contribution < -0.4 is 4.74 Å². The molecule has 6 nitrogen and oxygen atoms in total. The lowest BCUT2D eigenvalue weighted by Crippen LogP contribution is -1.93. The zero-order valence-corrected chi connectivity index (χ0v) is 14.6. The van der Waals surface area contributed by atoms with E-state index < -0.39 is 0 Å². The van der Waals surface area contributed by atoms with Gasteiger partial charge in [0, 0.05) is 46.7 Å². The Morgan fingerprint density at radius 1 is 0.926 bits per heavy atom. The summed E-state index contributed by atoms with van der Waals surface area (Å²) in [5.74, 6) is 0.531. The monoisotopic (exact) mass is 356 g/mol. The first-order valence-electron chi connectivity index (χ1n) is 8.24. The predicted octanol–water partition coefficient (Wildman–Crippen LogP) is 4.29. The highest BCUT2D eigenvalue weighted by Gasteiger charge is 2.10. The van der Waals surface area contributed by atoms with Crippen molar-refractivity contribution in [2.24, 2.45) is 0 Å². The molecule has 0 aliphatic carbocycles. The van der Waals surface area contributed by atoms with Crippen LogP contribution in [-0.4, -0.2) is 32.2 Å². The number of nitrogens with zero attached hydrogens (tertiary/aromatic N) is 4. The third-order valence-corrected chi connectivity index (χ3v) is 4.26. The van der Waals surface area contributed by atoms with E-state index in [1.165, 1.54) is 6.33 Å². The molecule has 0 saturated heterocycles. The van der Waals surface area contributed by atoms with Gasteiger partial charge in [0.05, 0.1) is 18.3 Å². The van der Waals surface area contributed by atoms with Crippen molar-refractivity contribution in [3.05, 3.63) is 73.5 Å². The van der Waals surface area contributed by atoms with Crippen molar-refractivity contribution in [3.63, 3.8) is 0 Å². The smallest absolute Gasteiger partial charge is 0.212 e. The van der Waals surface area contributed by atoms with E-state index in [0.717, 1.165) is 33.3 Å². The first-order chi connectivity index (χ1) is 13.2. The van der Waals surface area contributed by atoms with Crippen LogP contribution in [0.3, 0.4) is 0 Å². The van der Waals surface area contributed by atoms with E-state index in [1.807, 2.05) is 30.3 Å². The van der Waals surface area contributed by atoms with Crippen LogP contribution in [0.15, 0.2) is 67.9 Å². The Balaban J connectivity index is 1.86. The summed E-state index contributed by atoms with van der Waals surface area (Å²) in [6.45, 7) is 3.56. The van der Waals surface area contributed by atoms with Gasteiger partial charge < -0.3 is 9.84 Å². The van der Waals surface area contributed by atoms with Crippen LogP contribution in [0.5, 0.6) is 5.88 Å². The molecule has 4 rings (SSSR count). The van der Waals surface area contributed by atoms with E-state index >= 15 is 0 Å². The van der Waals surface area contributed by atoms with Crippen molar-refractivity contribution in [2.45, 2.75) is 0 Å². The minimum Gasteiger partial charge on any atom is -0.508 e. The molecule has 0 spiro atoms. The minimum atomic E-state index is -0.0345. The molecule has 0 saturated carbocycles. The molecule has 0 bridgehead atoms. The molecule has 3 aromatic heterocycles. The predicted molar refractivity (Wildman–Crippen MR) is 104 cm³/mol. The molecule has 0 aliphatic rings. The molecule has 132 valence electrons. The molecule has 0 unspecified atom stereocenters. The third-order valence-electron chi connectivity index (χ3n) is 4.26. The van der Waals surface area contributed by atoms with Gasteiger partial charge in [-0.2, -0.15) is 0 Å². The maximum Gasteiger partial charge on any atom is 0.212 e. The Hall–Kier alpha value is -3.80. The summed E-state index contributed by atoms with van der Waals surface area (Å²) < 4.78 is 5.12. The van der Waals surface area contributed by atoms with Crippen LogP contribution in [0.4, 0.5) is 0 Å². The summed E-state index contributed by atoms with van der Waals surface area (Å²) in [7, 11) is 1.59. The van der Waals surface area contributed by atoms with E-state index in [0.29, 0.717) is 11.4 Å². The largest absolute Gasteiger partial charge is 0.508 e. The van der Waals surface area contributed by atoms with Crippen molar-refractivity contribution in [2.75, 3.05) is 7.11 Å². The molecular weight excluding hydrogens is 340 g/mol. The van der Waals surface area contributed by atoms with Gasteiger partial charge in [-0.05, 0) is 29.8 Å². The second kappa shape index (κ2) is 6.84. The molecular formula is C21H16N4O2. The number of rotatable bonds is 4. The summed E-state index contributed by atoms with van der Waals surface area (Å²) >= 11 is 0. The van der Waals surface area contributed by atoms with Crippen molar-refractivity contribution < 1.29 is 9.84 Å². The van der Waals surface area contributed by atoms with Crippen LogP contribution in [0.1, 0.15) is 5.56 Å². The van der Waals surface area contributed by atoms with Gasteiger partial charge >= 0.3 is 0 Å². The van der Waals surface area contributed by atoms with Crippen molar-refractivity contribution >= 4 is 16.7 Å². The fourth-order valence-electron chi connectivity index (χ4n) is 2.87. The van der Waals surface area contributed by atoms with E-state index in [-0.39, 0.29) is 5.76 Å². The van der Waals surface area contributed by atoms with Gasteiger partial charge in [-0.1, -0.05) is 12.6 Å². The Kier molecular flexibility index (Phi) is 4.22. The molecule has 0 atom stereocenters. The molecule has 0 aliphatic heterocycles. The van der Waals surface area contributed by atoms with Crippen LogP contribution in [0, 0.1) is 0 Å². The first-order valence-corrected chi connectivity index (χ1v) is 8.24. The fourth-order valence-corrected chi connectivity index (χ4v) is 2.87. The van der Waals surface area contributed by atoms with E-state index in [1.54, 1.807) is 31.8 Å². The number of pyridine rings is 2. The molecule has 1 aromatic carbocycles. The third kappa shape index (κ3) is 3.20. The lowest BCUT2D eigenvalue weighted by atomic mass is 10.0. The Morgan fingerprint density at radius 3 is 2.52 bits per heavy atom. The minimum absolute atomic E-state index is 0.0345. The van der Waals surface area contributed by atoms with Gasteiger partial charge in [0.15, 0.2) is 0 Å². The number of aliphatic hydroxyl groups excluding tert-OH is 1. The maximum absolute atomic E-state index is 9.66. The Morgan fingerprint density at radius 2 is 1.78 bits per heavy atom. The molecule has 4 aromatic rings. The lowest BCUT2D eigenvalue weighted by Gasteiger charge is -2.09. The van der Waals surface area contributed by atoms with Gasteiger partial charge in [0.1, 0.15) is 12.1 Å². The molecule has 1 N–H and O–H groups in total. The number of hydrogen-bond acceptors (Lipinski definition) is 6. The van der Waals surface area contributed by atoms with Gasteiger partial charge in [0.2, 0.25) is 5.88 Å². The number of aliphatic hydroxyl groups is 1. The second-order valence-electron chi connectivity index (χ2n) is 5.95. The molecule has 6 heteroatoms. The molecule has 0 radical (unpaired) electrons. The molecule has 0 fully saturated rings. The quantitative estimate of drug-likeness (QED) is 0.549. The summed E-state index contributed by atoms with van der Waals surface area (Å²) in [6, 6.07) is 11.5. The van der Waals surface area contributed by atoms with E-state index in [2.05, 4.69) is 26.5 Å². The molecule has 0 amide bonds. The average molecular weight is 356 g/mol. The number of fused-ring (bicyclic) bond motifs is 1. The normalized spacial score (nSPS) is 10.7. The molecule has 27 heavy (non-hydrogen) atoms. The number of methoxy groups -OCH3 is 1. The summed E-state index contributed by atoms with van der Waals surface area (Å²) in [4.78, 5) is 17.2. The fraction of sp³-hybridized carbons (Fsp3) is 0.0476. The molecule has 3 heterocycles. The van der Waals surface area contributed by atoms with Crippen LogP contribution in [-0.2, 0) is 0 Å². The second-order valence-corrected chi connectivity index (χ2v) is 5.95. The number of benzene rings is 1. The highest BCUT2D eigenvalue weighted by molar-refractivity contribution is 5.95.